The number of unbranched alkanes of at least 4 members (excludes halogenated alkanes) is 12. The van der Waals surface area contributed by atoms with Gasteiger partial charge in [0.2, 0.25) is 12.2 Å². The molecule has 1 saturated heterocycles. The predicted octanol–water partition coefficient (Wildman–Crippen LogP) is 1.80. The van der Waals surface area contributed by atoms with E-state index in [2.05, 4.69) is 24.4 Å². The first-order valence-electron chi connectivity index (χ1n) is 17.9. The molecule has 15 heteroatoms. The summed E-state index contributed by atoms with van der Waals surface area (Å²) in [7, 11) is 1.22. The SMILES string of the molecule is CCCCCCCC/C=C\CCCCCCCCNC(=O)C1=C[C@H](O)[C@H](O)[C@@H](O[C@@H](C(N)=O)[C@H]2O[C@@H](n3ccc(=O)[nH]c3=O)[C@H](O)[C@@H]2OC)O1. The fraction of sp³-hybridized carbons (Fsp3) is 0.714. The average Bonchev–Trinajstić information content (AvgIpc) is 3.41. The van der Waals surface area contributed by atoms with Crippen molar-refractivity contribution in [1.82, 2.24) is 14.9 Å². The minimum atomic E-state index is -1.74. The first-order chi connectivity index (χ1) is 24.1. The number of aromatic amines is 1. The molecule has 2 aliphatic rings. The van der Waals surface area contributed by atoms with Crippen LogP contribution >= 0.6 is 0 Å². The summed E-state index contributed by atoms with van der Waals surface area (Å²) >= 11 is 0. The van der Waals surface area contributed by atoms with Crippen LogP contribution in [0.2, 0.25) is 0 Å². The molecule has 50 heavy (non-hydrogen) atoms. The number of nitrogens with one attached hydrogen (secondary N) is 2. The van der Waals surface area contributed by atoms with Crippen molar-refractivity contribution in [1.29, 1.82) is 0 Å². The highest BCUT2D eigenvalue weighted by atomic mass is 16.7. The Balaban J connectivity index is 1.41. The van der Waals surface area contributed by atoms with Crippen molar-refractivity contribution >= 4 is 11.8 Å². The van der Waals surface area contributed by atoms with Crippen LogP contribution in [0.4, 0.5) is 0 Å². The summed E-state index contributed by atoms with van der Waals surface area (Å²) in [6.45, 7) is 2.60. The first-order valence-corrected chi connectivity index (χ1v) is 17.9. The molecule has 0 aromatic carbocycles. The Morgan fingerprint density at radius 2 is 1.60 bits per heavy atom. The van der Waals surface area contributed by atoms with Gasteiger partial charge in [0.25, 0.3) is 11.5 Å². The number of aliphatic hydroxyl groups is 3. The van der Waals surface area contributed by atoms with Crippen LogP contribution in [0.15, 0.2) is 45.8 Å². The Labute approximate surface area is 292 Å². The zero-order valence-corrected chi connectivity index (χ0v) is 29.2. The molecule has 282 valence electrons. The highest BCUT2D eigenvalue weighted by Gasteiger charge is 2.52. The summed E-state index contributed by atoms with van der Waals surface area (Å²) in [5.41, 5.74) is 4.03. The van der Waals surface area contributed by atoms with Gasteiger partial charge >= 0.3 is 5.69 Å². The van der Waals surface area contributed by atoms with Gasteiger partial charge in [0.05, 0.1) is 0 Å². The monoisotopic (exact) mass is 708 g/mol. The molecule has 0 radical (unpaired) electrons. The molecule has 1 aromatic heterocycles. The summed E-state index contributed by atoms with van der Waals surface area (Å²) in [6.07, 6.45) is 10.6. The number of nitrogens with two attached hydrogens (primary N) is 1. The van der Waals surface area contributed by atoms with Crippen molar-refractivity contribution in [2.45, 2.75) is 146 Å². The van der Waals surface area contributed by atoms with Gasteiger partial charge in [-0.2, -0.15) is 0 Å². The van der Waals surface area contributed by atoms with Crippen molar-refractivity contribution in [3.05, 3.63) is 57.1 Å². The Kier molecular flexibility index (Phi) is 17.9. The smallest absolute Gasteiger partial charge is 0.330 e. The summed E-state index contributed by atoms with van der Waals surface area (Å²) in [4.78, 5) is 51.3. The summed E-state index contributed by atoms with van der Waals surface area (Å²) < 4.78 is 23.2. The highest BCUT2D eigenvalue weighted by Crippen LogP contribution is 2.34. The molecule has 0 unspecified atom stereocenters. The van der Waals surface area contributed by atoms with Gasteiger partial charge in [-0.25, -0.2) is 4.79 Å². The van der Waals surface area contributed by atoms with Gasteiger partial charge in [-0.1, -0.05) is 76.9 Å². The van der Waals surface area contributed by atoms with E-state index in [1.54, 1.807) is 0 Å². The summed E-state index contributed by atoms with van der Waals surface area (Å²) in [5.74, 6) is -2.08. The lowest BCUT2D eigenvalue weighted by Crippen LogP contribution is -2.54. The lowest BCUT2D eigenvalue weighted by molar-refractivity contribution is -0.241. The number of H-pyrrole nitrogens is 1. The quantitative estimate of drug-likeness (QED) is 0.0710. The van der Waals surface area contributed by atoms with E-state index in [1.165, 1.54) is 58.5 Å². The van der Waals surface area contributed by atoms with Crippen molar-refractivity contribution in [2.24, 2.45) is 5.73 Å². The summed E-state index contributed by atoms with van der Waals surface area (Å²) in [6, 6.07) is 1.04. The standard InChI is InChI=1S/C35H56N4O11/c1-3-4-5-6-7-8-9-10-11-12-13-14-15-16-17-18-20-37-32(45)24-22-23(40)26(42)34(48-24)50-30(31(36)44)29-28(47-2)27(43)33(49-29)39-21-19-25(41)38-35(39)46/h10-11,19,21-23,26-30,33-34,40,42-43H,3-9,12-18,20H2,1-2H3,(H2,36,44)(H,37,45)(H,38,41,46)/b11-10-/t23-,26-,27+,28-,29-,30+,33+,34+/m0/s1. The first kappa shape index (κ1) is 41.1. The zero-order chi connectivity index (χ0) is 36.5. The van der Waals surface area contributed by atoms with Crippen molar-refractivity contribution in [3.63, 3.8) is 0 Å². The van der Waals surface area contributed by atoms with Gasteiger partial charge in [0.1, 0.15) is 30.5 Å². The lowest BCUT2D eigenvalue weighted by Gasteiger charge is -2.35. The molecule has 0 spiro atoms. The Bertz CT molecular complexity index is 1360. The maximum absolute atomic E-state index is 12.8. The minimum absolute atomic E-state index is 0.325. The number of hydrogen-bond donors (Lipinski definition) is 6. The van der Waals surface area contributed by atoms with Gasteiger partial charge in [-0.05, 0) is 38.2 Å². The fourth-order valence-electron chi connectivity index (χ4n) is 6.05. The molecule has 3 heterocycles. The fourth-order valence-corrected chi connectivity index (χ4v) is 6.05. The number of carbonyl (C=O) groups excluding carboxylic acids is 2. The third-order valence-corrected chi connectivity index (χ3v) is 8.90. The maximum Gasteiger partial charge on any atom is 0.330 e. The molecular weight excluding hydrogens is 652 g/mol. The van der Waals surface area contributed by atoms with Crippen LogP contribution in [0, 0.1) is 0 Å². The van der Waals surface area contributed by atoms with Gasteiger partial charge in [0, 0.05) is 25.9 Å². The number of ether oxygens (including phenoxy) is 4. The van der Waals surface area contributed by atoms with E-state index in [0.717, 1.165) is 61.4 Å². The van der Waals surface area contributed by atoms with Crippen LogP contribution in [0.1, 0.15) is 103 Å². The topological polar surface area (TPSA) is 225 Å². The molecule has 0 bridgehead atoms. The Hall–Kier alpha value is -3.34. The molecule has 2 aliphatic heterocycles. The van der Waals surface area contributed by atoms with Crippen LogP contribution in [0.5, 0.6) is 0 Å². The number of carbonyl (C=O) groups is 2. The van der Waals surface area contributed by atoms with E-state index in [4.69, 9.17) is 24.7 Å². The van der Waals surface area contributed by atoms with E-state index < -0.39 is 72.2 Å². The van der Waals surface area contributed by atoms with Crippen LogP contribution < -0.4 is 22.3 Å². The number of nitrogens with zero attached hydrogens (tertiary/aromatic N) is 1. The number of primary amides is 1. The van der Waals surface area contributed by atoms with E-state index in [0.29, 0.717) is 6.54 Å². The molecule has 3 rings (SSSR count). The Morgan fingerprint density at radius 3 is 2.20 bits per heavy atom. The molecule has 1 aromatic rings. The normalized spacial score (nSPS) is 25.7. The second-order valence-corrected chi connectivity index (χ2v) is 12.9. The number of hydrogen-bond acceptors (Lipinski definition) is 11. The maximum atomic E-state index is 12.8. The molecule has 8 atom stereocenters. The number of allylic oxidation sites excluding steroid dienone is 2. The van der Waals surface area contributed by atoms with Crippen LogP contribution in [-0.4, -0.2) is 93.3 Å². The van der Waals surface area contributed by atoms with Crippen molar-refractivity contribution in [3.8, 4) is 0 Å². The highest BCUT2D eigenvalue weighted by molar-refractivity contribution is 5.91. The van der Waals surface area contributed by atoms with Gasteiger partial charge < -0.3 is 45.3 Å². The molecule has 1 fully saturated rings. The third kappa shape index (κ3) is 12.5. The average molecular weight is 709 g/mol. The summed E-state index contributed by atoms with van der Waals surface area (Å²) in [5, 5.41) is 34.6. The molecule has 0 saturated carbocycles. The molecule has 7 N–H and O–H groups in total. The number of methoxy groups -OCH3 is 1. The number of rotatable bonds is 23. The van der Waals surface area contributed by atoms with Gasteiger partial charge in [0.15, 0.2) is 18.1 Å². The third-order valence-electron chi connectivity index (χ3n) is 8.90. The van der Waals surface area contributed by atoms with E-state index in [1.807, 2.05) is 4.98 Å². The molecule has 0 aliphatic carbocycles. The second-order valence-electron chi connectivity index (χ2n) is 12.9. The number of aromatic nitrogens is 2. The number of aliphatic hydroxyl groups excluding tert-OH is 3. The second kappa shape index (κ2) is 21.8. The van der Waals surface area contributed by atoms with Gasteiger partial charge in [-0.3, -0.25) is 23.9 Å². The molecular formula is C35H56N4O11. The van der Waals surface area contributed by atoms with Crippen LogP contribution in [0.3, 0.4) is 0 Å². The Morgan fingerprint density at radius 1 is 0.980 bits per heavy atom. The largest absolute Gasteiger partial charge is 0.456 e. The zero-order valence-electron chi connectivity index (χ0n) is 29.2. The van der Waals surface area contributed by atoms with Crippen LogP contribution in [-0.2, 0) is 28.5 Å². The molecule has 2 amide bonds. The van der Waals surface area contributed by atoms with Crippen LogP contribution in [0.25, 0.3) is 0 Å². The van der Waals surface area contributed by atoms with Gasteiger partial charge in [-0.15, -0.1) is 0 Å². The number of amides is 2. The van der Waals surface area contributed by atoms with E-state index in [-0.39, 0.29) is 5.76 Å². The molecule has 15 nitrogen and oxygen atoms in total. The van der Waals surface area contributed by atoms with E-state index >= 15 is 0 Å². The lowest BCUT2D eigenvalue weighted by atomic mass is 10.0. The minimum Gasteiger partial charge on any atom is -0.456 e. The predicted molar refractivity (Wildman–Crippen MR) is 184 cm³/mol. The van der Waals surface area contributed by atoms with Crippen molar-refractivity contribution in [2.75, 3.05) is 13.7 Å². The van der Waals surface area contributed by atoms with E-state index in [9.17, 15) is 34.5 Å². The van der Waals surface area contributed by atoms with Crippen molar-refractivity contribution < 1.29 is 43.9 Å².